The molecule has 0 spiro atoms. The minimum atomic E-state index is -2.90. The van der Waals surface area contributed by atoms with Gasteiger partial charge in [-0.1, -0.05) is 18.2 Å². The van der Waals surface area contributed by atoms with Crippen LogP contribution in [-0.2, 0) is 0 Å². The molecule has 0 amide bonds. The van der Waals surface area contributed by atoms with Crippen LogP contribution in [-0.4, -0.2) is 28.0 Å². The van der Waals surface area contributed by atoms with Crippen molar-refractivity contribution in [3.63, 3.8) is 0 Å². The lowest BCUT2D eigenvalue weighted by atomic mass is 10.0. The molecule has 2 aromatic heterocycles. The lowest BCUT2D eigenvalue weighted by Gasteiger charge is -2.20. The number of rotatable bonds is 5. The molecule has 6 nitrogen and oxygen atoms in total. The lowest BCUT2D eigenvalue weighted by Crippen LogP contribution is -2.20. The first kappa shape index (κ1) is 20.8. The van der Waals surface area contributed by atoms with Gasteiger partial charge in [0.2, 0.25) is 0 Å². The van der Waals surface area contributed by atoms with Crippen molar-refractivity contribution in [1.82, 2.24) is 15.0 Å². The van der Waals surface area contributed by atoms with Gasteiger partial charge in [-0.3, -0.25) is 0 Å². The van der Waals surface area contributed by atoms with Crippen molar-refractivity contribution in [3.8, 4) is 6.07 Å². The van der Waals surface area contributed by atoms with Crippen LogP contribution in [0.1, 0.15) is 54.7 Å². The first-order valence-electron chi connectivity index (χ1n) is 10.1. The van der Waals surface area contributed by atoms with E-state index < -0.39 is 23.8 Å². The van der Waals surface area contributed by atoms with E-state index in [-0.39, 0.29) is 5.56 Å². The predicted octanol–water partition coefficient (Wildman–Crippen LogP) is 5.05. The van der Waals surface area contributed by atoms with E-state index in [2.05, 4.69) is 31.2 Å². The summed E-state index contributed by atoms with van der Waals surface area (Å²) in [5.41, 5.74) is 0.288. The Bertz CT molecular complexity index is 1170. The van der Waals surface area contributed by atoms with Crippen molar-refractivity contribution in [2.75, 3.05) is 23.3 Å². The van der Waals surface area contributed by atoms with Crippen LogP contribution in [0.25, 0.3) is 11.0 Å². The summed E-state index contributed by atoms with van der Waals surface area (Å²) < 4.78 is 40.8. The number of nitrogens with one attached hydrogen (secondary N) is 1. The zero-order valence-corrected chi connectivity index (χ0v) is 17.2. The molecule has 4 rings (SSSR count). The number of aromatic nitrogens is 3. The number of benzene rings is 1. The van der Waals surface area contributed by atoms with Gasteiger partial charge in [-0.05, 0) is 32.8 Å². The number of hydrogen-bond acceptors (Lipinski definition) is 6. The zero-order chi connectivity index (χ0) is 22.1. The van der Waals surface area contributed by atoms with Crippen LogP contribution in [0, 0.1) is 24.1 Å². The van der Waals surface area contributed by atoms with E-state index in [1.807, 2.05) is 0 Å². The van der Waals surface area contributed by atoms with Crippen molar-refractivity contribution in [2.24, 2.45) is 0 Å². The van der Waals surface area contributed by atoms with Gasteiger partial charge in [-0.2, -0.15) is 5.26 Å². The summed E-state index contributed by atoms with van der Waals surface area (Å²) >= 11 is 0. The molecule has 31 heavy (non-hydrogen) atoms. The predicted molar refractivity (Wildman–Crippen MR) is 112 cm³/mol. The average molecular weight is 426 g/mol. The maximum atomic E-state index is 14.6. The van der Waals surface area contributed by atoms with E-state index in [4.69, 9.17) is 0 Å². The molecule has 1 aliphatic rings. The van der Waals surface area contributed by atoms with Gasteiger partial charge in [-0.15, -0.1) is 0 Å². The molecule has 0 aliphatic carbocycles. The highest BCUT2D eigenvalue weighted by molar-refractivity contribution is 5.89. The molecule has 1 aromatic carbocycles. The fraction of sp³-hybridized carbons (Fsp3) is 0.364. The monoisotopic (exact) mass is 426 g/mol. The number of nitrogens with zero attached hydrogens (tertiary/aromatic N) is 5. The number of pyridine rings is 1. The SMILES string of the molecule is Cc1nc(N[C@H](C)c2cccc(C(F)F)c2F)c2cc(C#N)c(N3CCCC3)nc2n1. The molecule has 0 bridgehead atoms. The van der Waals surface area contributed by atoms with Gasteiger partial charge in [0.25, 0.3) is 6.43 Å². The third-order valence-electron chi connectivity index (χ3n) is 5.42. The van der Waals surface area contributed by atoms with E-state index >= 15 is 0 Å². The highest BCUT2D eigenvalue weighted by atomic mass is 19.3. The fourth-order valence-electron chi connectivity index (χ4n) is 3.87. The maximum absolute atomic E-state index is 14.6. The standard InChI is InChI=1S/C22H21F3N6/c1-12(15-6-5-7-16(18(15)23)19(24)25)27-20-17-10-14(11-26)22(31-8-3-4-9-31)30-21(17)29-13(2)28-20/h5-7,10,12,19H,3-4,8-9H2,1-2H3,(H,27,28,29,30)/t12-/m1/s1. The summed E-state index contributed by atoms with van der Waals surface area (Å²) in [4.78, 5) is 15.5. The van der Waals surface area contributed by atoms with Crippen LogP contribution in [0.15, 0.2) is 24.3 Å². The summed E-state index contributed by atoms with van der Waals surface area (Å²) in [5, 5.41) is 13.3. The van der Waals surface area contributed by atoms with Gasteiger partial charge >= 0.3 is 0 Å². The summed E-state index contributed by atoms with van der Waals surface area (Å²) in [6.45, 7) is 5.04. The van der Waals surface area contributed by atoms with Crippen molar-refractivity contribution >= 4 is 22.7 Å². The first-order chi connectivity index (χ1) is 14.9. The summed E-state index contributed by atoms with van der Waals surface area (Å²) in [7, 11) is 0. The van der Waals surface area contributed by atoms with Gasteiger partial charge in [0.05, 0.1) is 22.6 Å². The number of anilines is 2. The number of nitriles is 1. The van der Waals surface area contributed by atoms with Crippen molar-refractivity contribution < 1.29 is 13.2 Å². The first-order valence-corrected chi connectivity index (χ1v) is 10.1. The van der Waals surface area contributed by atoms with E-state index in [1.165, 1.54) is 12.1 Å². The molecule has 160 valence electrons. The Balaban J connectivity index is 1.76. The Morgan fingerprint density at radius 3 is 2.52 bits per heavy atom. The normalized spacial score (nSPS) is 14.8. The Labute approximate surface area is 177 Å². The van der Waals surface area contributed by atoms with Crippen LogP contribution >= 0.6 is 0 Å². The van der Waals surface area contributed by atoms with Crippen LogP contribution in [0.3, 0.4) is 0 Å². The second-order valence-electron chi connectivity index (χ2n) is 7.57. The van der Waals surface area contributed by atoms with Gasteiger partial charge in [0.1, 0.15) is 29.3 Å². The number of halogens is 3. The van der Waals surface area contributed by atoms with Crippen LogP contribution in [0.5, 0.6) is 0 Å². The van der Waals surface area contributed by atoms with Crippen LogP contribution in [0.2, 0.25) is 0 Å². The highest BCUT2D eigenvalue weighted by Gasteiger charge is 2.22. The Morgan fingerprint density at radius 2 is 1.84 bits per heavy atom. The molecule has 0 unspecified atom stereocenters. The molecular formula is C22H21F3N6. The summed E-state index contributed by atoms with van der Waals surface area (Å²) in [6.07, 6.45) is -0.817. The van der Waals surface area contributed by atoms with E-state index in [9.17, 15) is 18.4 Å². The van der Waals surface area contributed by atoms with Crippen LogP contribution in [0.4, 0.5) is 24.8 Å². The van der Waals surface area contributed by atoms with E-state index in [0.29, 0.717) is 34.1 Å². The molecule has 1 aliphatic heterocycles. The summed E-state index contributed by atoms with van der Waals surface area (Å²) in [6, 6.07) is 7.15. The largest absolute Gasteiger partial charge is 0.363 e. The number of hydrogen-bond donors (Lipinski definition) is 1. The molecule has 1 N–H and O–H groups in total. The minimum absolute atomic E-state index is 0.101. The Morgan fingerprint density at radius 1 is 1.13 bits per heavy atom. The smallest absolute Gasteiger partial charge is 0.266 e. The number of fused-ring (bicyclic) bond motifs is 1. The maximum Gasteiger partial charge on any atom is 0.266 e. The molecule has 1 saturated heterocycles. The van der Waals surface area contributed by atoms with Gasteiger partial charge < -0.3 is 10.2 Å². The Hall–Kier alpha value is -3.41. The zero-order valence-electron chi connectivity index (χ0n) is 17.2. The fourth-order valence-corrected chi connectivity index (χ4v) is 3.87. The molecule has 3 heterocycles. The molecule has 9 heteroatoms. The molecular weight excluding hydrogens is 405 g/mol. The second-order valence-corrected chi connectivity index (χ2v) is 7.57. The lowest BCUT2D eigenvalue weighted by molar-refractivity contribution is 0.146. The van der Waals surface area contributed by atoms with Crippen LogP contribution < -0.4 is 10.2 Å². The topological polar surface area (TPSA) is 77.7 Å². The summed E-state index contributed by atoms with van der Waals surface area (Å²) in [5.74, 6) is 0.474. The molecule has 1 atom stereocenters. The van der Waals surface area contributed by atoms with Gasteiger partial charge in [0, 0.05) is 18.7 Å². The average Bonchev–Trinajstić information content (AvgIpc) is 3.27. The Kier molecular flexibility index (Phi) is 5.63. The van der Waals surface area contributed by atoms with Crippen molar-refractivity contribution in [2.45, 2.75) is 39.2 Å². The van der Waals surface area contributed by atoms with Gasteiger partial charge in [-0.25, -0.2) is 28.1 Å². The molecule has 3 aromatic rings. The number of alkyl halides is 2. The third kappa shape index (κ3) is 3.98. The van der Waals surface area contributed by atoms with Gasteiger partial charge in [0.15, 0.2) is 5.65 Å². The molecule has 0 radical (unpaired) electrons. The number of aryl methyl sites for hydroxylation is 1. The quantitative estimate of drug-likeness (QED) is 0.615. The van der Waals surface area contributed by atoms with Crippen molar-refractivity contribution in [3.05, 3.63) is 52.6 Å². The van der Waals surface area contributed by atoms with Crippen molar-refractivity contribution in [1.29, 1.82) is 5.26 Å². The molecule has 1 fully saturated rings. The van der Waals surface area contributed by atoms with E-state index in [0.717, 1.165) is 32.0 Å². The highest BCUT2D eigenvalue weighted by Crippen LogP contribution is 2.32. The van der Waals surface area contributed by atoms with E-state index in [1.54, 1.807) is 19.9 Å². The third-order valence-corrected chi connectivity index (χ3v) is 5.42. The molecule has 0 saturated carbocycles. The second kappa shape index (κ2) is 8.38. The minimum Gasteiger partial charge on any atom is -0.363 e.